The molecular formula is C36H35N5O8. The number of hydrogen-bond acceptors (Lipinski definition) is 12. The quantitative estimate of drug-likeness (QED) is 0.0351. The van der Waals surface area contributed by atoms with Crippen LogP contribution in [-0.2, 0) is 37.0 Å². The summed E-state index contributed by atoms with van der Waals surface area (Å²) in [7, 11) is 0. The van der Waals surface area contributed by atoms with Gasteiger partial charge in [0.05, 0.1) is 58.7 Å². The topological polar surface area (TPSA) is 153 Å². The molecule has 2 heterocycles. The summed E-state index contributed by atoms with van der Waals surface area (Å²) in [6.45, 7) is 9.51. The fraction of sp³-hybridized carbons (Fsp3) is 0.250. The summed E-state index contributed by atoms with van der Waals surface area (Å²) < 4.78 is 23.6. The number of para-hydroxylation sites is 1. The van der Waals surface area contributed by atoms with E-state index >= 15 is 0 Å². The van der Waals surface area contributed by atoms with Gasteiger partial charge >= 0.3 is 18.6 Å². The summed E-state index contributed by atoms with van der Waals surface area (Å²) in [5.41, 5.74) is 7.40. The van der Waals surface area contributed by atoms with Crippen LogP contribution in [0.25, 0.3) is 22.2 Å². The van der Waals surface area contributed by atoms with E-state index < -0.39 is 18.4 Å². The number of hydrogen-bond donors (Lipinski definition) is 0. The summed E-state index contributed by atoms with van der Waals surface area (Å²) >= 11 is 0. The van der Waals surface area contributed by atoms with Crippen LogP contribution in [0, 0.1) is 20.8 Å². The van der Waals surface area contributed by atoms with E-state index in [9.17, 15) is 14.4 Å². The third-order valence-corrected chi connectivity index (χ3v) is 7.53. The molecule has 0 aliphatic carbocycles. The molecule has 0 fully saturated rings. The van der Waals surface area contributed by atoms with Gasteiger partial charge in [0, 0.05) is 12.5 Å². The van der Waals surface area contributed by atoms with Gasteiger partial charge in [0.15, 0.2) is 0 Å². The summed E-state index contributed by atoms with van der Waals surface area (Å²) in [5, 5.41) is 3.66. The van der Waals surface area contributed by atoms with Gasteiger partial charge < -0.3 is 23.8 Å². The highest BCUT2D eigenvalue weighted by molar-refractivity contribution is 6.02. The van der Waals surface area contributed by atoms with Gasteiger partial charge in [-0.1, -0.05) is 59.8 Å². The Hall–Kier alpha value is -6.11. The molecule has 13 heteroatoms. The minimum atomic E-state index is -1.25. The highest BCUT2D eigenvalue weighted by Gasteiger charge is 2.23. The summed E-state index contributed by atoms with van der Waals surface area (Å²) in [4.78, 5) is 54.2. The molecule has 0 N–H and O–H groups in total. The first-order valence-electron chi connectivity index (χ1n) is 15.5. The lowest BCUT2D eigenvalue weighted by Crippen LogP contribution is -2.23. The van der Waals surface area contributed by atoms with Gasteiger partial charge in [-0.15, -0.1) is 0 Å². The van der Waals surface area contributed by atoms with Crippen molar-refractivity contribution in [2.24, 2.45) is 5.16 Å². The van der Waals surface area contributed by atoms with E-state index in [0.29, 0.717) is 41.6 Å². The Bertz CT molecular complexity index is 2010. The van der Waals surface area contributed by atoms with Gasteiger partial charge in [0.1, 0.15) is 6.61 Å². The summed E-state index contributed by atoms with van der Waals surface area (Å²) in [6, 6.07) is 20.8. The van der Waals surface area contributed by atoms with Crippen LogP contribution >= 0.6 is 0 Å². The number of fused-ring (bicyclic) bond motifs is 1. The molecule has 3 aromatic carbocycles. The molecule has 13 nitrogen and oxygen atoms in total. The number of carbonyl (C=O) groups is 3. The van der Waals surface area contributed by atoms with Crippen molar-refractivity contribution in [3.8, 4) is 17.1 Å². The van der Waals surface area contributed by atoms with E-state index in [4.69, 9.17) is 18.9 Å². The Morgan fingerprint density at radius 2 is 1.65 bits per heavy atom. The molecular weight excluding hydrogens is 630 g/mol. The maximum absolute atomic E-state index is 13.5. The monoisotopic (exact) mass is 665 g/mol. The lowest BCUT2D eigenvalue weighted by atomic mass is 9.99. The number of benzene rings is 3. The highest BCUT2D eigenvalue weighted by Crippen LogP contribution is 2.29. The van der Waals surface area contributed by atoms with Gasteiger partial charge in [-0.3, -0.25) is 19.3 Å². The molecule has 1 unspecified atom stereocenters. The molecule has 0 amide bonds. The minimum absolute atomic E-state index is 0.143. The predicted molar refractivity (Wildman–Crippen MR) is 179 cm³/mol. The van der Waals surface area contributed by atoms with E-state index in [0.717, 1.165) is 33.6 Å². The summed E-state index contributed by atoms with van der Waals surface area (Å²) in [5.74, 6) is -0.724. The number of oxime groups is 1. The Labute approximate surface area is 282 Å². The predicted octanol–water partition coefficient (Wildman–Crippen LogP) is 6.23. The van der Waals surface area contributed by atoms with Crippen molar-refractivity contribution in [2.75, 3.05) is 6.61 Å². The third-order valence-electron chi connectivity index (χ3n) is 7.53. The smallest absolute Gasteiger partial charge is 0.465 e. The molecule has 2 aromatic heterocycles. The largest absolute Gasteiger partial charge is 0.511 e. The SMILES string of the molecule is CCOc1nc2cccc(C(=O)OC(C)OC(=O)OCc3nc(C)c(C)nc3C)c2n1Cc1ccc(-c2ccccc2/C=N/OC=O)cc1. The molecule has 0 aliphatic rings. The Morgan fingerprint density at radius 3 is 2.41 bits per heavy atom. The van der Waals surface area contributed by atoms with Crippen LogP contribution in [0.2, 0.25) is 0 Å². The van der Waals surface area contributed by atoms with Crippen molar-refractivity contribution in [3.05, 3.63) is 106 Å². The fourth-order valence-corrected chi connectivity index (χ4v) is 5.10. The van der Waals surface area contributed by atoms with E-state index in [1.54, 1.807) is 29.7 Å². The van der Waals surface area contributed by atoms with E-state index in [-0.39, 0.29) is 18.6 Å². The second-order valence-electron chi connectivity index (χ2n) is 10.9. The molecule has 49 heavy (non-hydrogen) atoms. The molecule has 0 bridgehead atoms. The van der Waals surface area contributed by atoms with Crippen LogP contribution in [0.3, 0.4) is 0 Å². The third kappa shape index (κ3) is 8.25. The van der Waals surface area contributed by atoms with Gasteiger partial charge in [0.25, 0.3) is 6.01 Å². The molecule has 0 spiro atoms. The maximum Gasteiger partial charge on any atom is 0.511 e. The second kappa shape index (κ2) is 15.7. The Kier molecular flexibility index (Phi) is 10.9. The lowest BCUT2D eigenvalue weighted by molar-refractivity contribution is -0.128. The number of nitrogens with zero attached hydrogens (tertiary/aromatic N) is 5. The number of carbonyl (C=O) groups excluding carboxylic acids is 3. The van der Waals surface area contributed by atoms with E-state index in [1.165, 1.54) is 13.1 Å². The zero-order chi connectivity index (χ0) is 34.9. The van der Waals surface area contributed by atoms with E-state index in [1.807, 2.05) is 69.3 Å². The number of imidazole rings is 1. The van der Waals surface area contributed by atoms with Crippen LogP contribution in [0.1, 0.15) is 58.1 Å². The first kappa shape index (κ1) is 34.2. The minimum Gasteiger partial charge on any atom is -0.465 e. The number of aromatic nitrogens is 4. The standard InChI is InChI=1S/C36H35N5O8/c1-6-45-35-40-31-13-9-12-30(34(43)48-25(5)49-36(44)46-20-32-24(4)38-22(2)23(3)39-32)33(31)41(35)19-26-14-16-27(17-15-26)29-11-8-7-10-28(29)18-37-47-21-42/h7-18,21,25H,6,19-20H2,1-5H3/b37-18+. The molecule has 5 aromatic rings. The zero-order valence-electron chi connectivity index (χ0n) is 27.7. The van der Waals surface area contributed by atoms with E-state index in [2.05, 4.69) is 24.9 Å². The van der Waals surface area contributed by atoms with Crippen molar-refractivity contribution in [2.45, 2.75) is 54.1 Å². The van der Waals surface area contributed by atoms with Crippen LogP contribution in [0.15, 0.2) is 71.9 Å². The van der Waals surface area contributed by atoms with Gasteiger partial charge in [-0.05, 0) is 56.5 Å². The molecule has 0 saturated heterocycles. The van der Waals surface area contributed by atoms with Crippen molar-refractivity contribution < 1.29 is 38.2 Å². The number of ether oxygens (including phenoxy) is 4. The van der Waals surface area contributed by atoms with Gasteiger partial charge in [-0.25, -0.2) is 9.59 Å². The van der Waals surface area contributed by atoms with Crippen LogP contribution < -0.4 is 4.74 Å². The number of rotatable bonds is 13. The first-order valence-corrected chi connectivity index (χ1v) is 15.5. The fourth-order valence-electron chi connectivity index (χ4n) is 5.10. The number of aryl methyl sites for hydroxylation is 3. The van der Waals surface area contributed by atoms with Crippen LogP contribution in [0.5, 0.6) is 6.01 Å². The van der Waals surface area contributed by atoms with Crippen LogP contribution in [0.4, 0.5) is 4.79 Å². The van der Waals surface area contributed by atoms with Crippen molar-refractivity contribution in [1.82, 2.24) is 19.5 Å². The molecule has 0 saturated carbocycles. The molecule has 0 radical (unpaired) electrons. The van der Waals surface area contributed by atoms with Crippen molar-refractivity contribution in [3.63, 3.8) is 0 Å². The summed E-state index contributed by atoms with van der Waals surface area (Å²) in [6.07, 6.45) is -0.800. The first-order chi connectivity index (χ1) is 23.7. The number of esters is 1. The van der Waals surface area contributed by atoms with Crippen LogP contribution in [-0.4, -0.2) is 57.2 Å². The Morgan fingerprint density at radius 1 is 0.898 bits per heavy atom. The average Bonchev–Trinajstić information content (AvgIpc) is 3.43. The molecule has 0 aliphatic heterocycles. The second-order valence-corrected chi connectivity index (χ2v) is 10.9. The van der Waals surface area contributed by atoms with Gasteiger partial charge in [0.2, 0.25) is 6.29 Å². The Balaban J connectivity index is 1.32. The van der Waals surface area contributed by atoms with Crippen molar-refractivity contribution in [1.29, 1.82) is 0 Å². The molecule has 252 valence electrons. The van der Waals surface area contributed by atoms with Gasteiger partial charge in [-0.2, -0.15) is 4.98 Å². The molecule has 5 rings (SSSR count). The normalized spacial score (nSPS) is 11.7. The lowest BCUT2D eigenvalue weighted by Gasteiger charge is -2.16. The maximum atomic E-state index is 13.5. The highest BCUT2D eigenvalue weighted by atomic mass is 16.8. The van der Waals surface area contributed by atoms with Crippen molar-refractivity contribution >= 4 is 35.8 Å². The zero-order valence-corrected chi connectivity index (χ0v) is 27.7. The average molecular weight is 666 g/mol. The molecule has 1 atom stereocenters.